The lowest BCUT2D eigenvalue weighted by Gasteiger charge is -2.10. The fourth-order valence-corrected chi connectivity index (χ4v) is 4.27. The van der Waals surface area contributed by atoms with Gasteiger partial charge in [0.05, 0.1) is 17.9 Å². The van der Waals surface area contributed by atoms with E-state index in [0.29, 0.717) is 28.8 Å². The number of anilines is 1. The Labute approximate surface area is 163 Å². The first kappa shape index (κ1) is 20.5. The van der Waals surface area contributed by atoms with E-state index in [1.54, 1.807) is 18.7 Å². The summed E-state index contributed by atoms with van der Waals surface area (Å²) in [5.74, 6) is 1.07. The Kier molecular flexibility index (Phi) is 8.19. The van der Waals surface area contributed by atoms with Gasteiger partial charge < -0.3 is 10.1 Å². The molecule has 0 aliphatic carbocycles. The molecule has 0 fully saturated rings. The number of esters is 1. The Morgan fingerprint density at radius 1 is 1.23 bits per heavy atom. The van der Waals surface area contributed by atoms with Crippen molar-refractivity contribution < 1.29 is 14.3 Å². The van der Waals surface area contributed by atoms with Crippen molar-refractivity contribution in [3.05, 3.63) is 52.4 Å². The van der Waals surface area contributed by atoms with Crippen molar-refractivity contribution in [1.29, 1.82) is 0 Å². The molecule has 2 rings (SSSR count). The molecule has 0 unspecified atom stereocenters. The average molecular weight is 392 g/mol. The minimum atomic E-state index is -0.364. The lowest BCUT2D eigenvalue weighted by molar-refractivity contribution is -0.113. The Balaban J connectivity index is 1.99. The number of nitrogens with one attached hydrogen (secondary N) is 1. The van der Waals surface area contributed by atoms with E-state index in [1.165, 1.54) is 16.9 Å². The van der Waals surface area contributed by atoms with Gasteiger partial charge in [0.2, 0.25) is 5.91 Å². The second-order valence-corrected chi connectivity index (χ2v) is 8.18. The summed E-state index contributed by atoms with van der Waals surface area (Å²) in [6, 6.07) is 10.0. The van der Waals surface area contributed by atoms with Crippen LogP contribution in [-0.4, -0.2) is 24.2 Å². The number of hydrogen-bond acceptors (Lipinski definition) is 5. The first-order chi connectivity index (χ1) is 12.5. The lowest BCUT2D eigenvalue weighted by Crippen LogP contribution is -2.17. The number of thiophene rings is 1. The van der Waals surface area contributed by atoms with Gasteiger partial charge >= 0.3 is 5.97 Å². The lowest BCUT2D eigenvalue weighted by atomic mass is 10.0. The smallest absolute Gasteiger partial charge is 0.341 e. The highest BCUT2D eigenvalue weighted by atomic mass is 32.2. The molecule has 2 aromatic rings. The maximum Gasteiger partial charge on any atom is 0.341 e. The van der Waals surface area contributed by atoms with E-state index in [2.05, 4.69) is 19.2 Å². The van der Waals surface area contributed by atoms with E-state index >= 15 is 0 Å². The van der Waals surface area contributed by atoms with Gasteiger partial charge in [-0.15, -0.1) is 23.1 Å². The molecule has 0 aliphatic rings. The molecule has 1 N–H and O–H groups in total. The third kappa shape index (κ3) is 6.18. The van der Waals surface area contributed by atoms with Gasteiger partial charge in [-0.25, -0.2) is 4.79 Å². The Bertz CT molecular complexity index is 726. The maximum atomic E-state index is 12.3. The van der Waals surface area contributed by atoms with Crippen LogP contribution in [-0.2, 0) is 21.7 Å². The van der Waals surface area contributed by atoms with Gasteiger partial charge in [0.25, 0.3) is 0 Å². The zero-order valence-corrected chi connectivity index (χ0v) is 17.0. The Morgan fingerprint density at radius 2 is 1.96 bits per heavy atom. The number of carbonyl (C=O) groups excluding carboxylic acids is 2. The number of amides is 1. The van der Waals surface area contributed by atoms with Gasteiger partial charge in [0.1, 0.15) is 5.00 Å². The van der Waals surface area contributed by atoms with E-state index in [1.807, 2.05) is 35.7 Å². The third-order valence-corrected chi connectivity index (χ3v) is 5.52. The van der Waals surface area contributed by atoms with Crippen LogP contribution >= 0.6 is 23.1 Å². The number of hydrogen-bond donors (Lipinski definition) is 1. The summed E-state index contributed by atoms with van der Waals surface area (Å²) in [7, 11) is 0. The molecule has 4 nitrogen and oxygen atoms in total. The van der Waals surface area contributed by atoms with Crippen LogP contribution in [0, 0.1) is 5.92 Å². The summed E-state index contributed by atoms with van der Waals surface area (Å²) < 4.78 is 5.18. The standard InChI is InChI=1S/C20H25NO3S2/c1-4-24-20(23)18-16(10-14(2)3)12-26-19(18)21-17(22)13-25-11-15-8-6-5-7-9-15/h5-9,12,14H,4,10-11,13H2,1-3H3,(H,21,22). The molecule has 1 aromatic heterocycles. The van der Waals surface area contributed by atoms with Gasteiger partial charge in [-0.05, 0) is 35.8 Å². The van der Waals surface area contributed by atoms with E-state index in [4.69, 9.17) is 4.74 Å². The molecule has 6 heteroatoms. The predicted octanol–water partition coefficient (Wildman–Crippen LogP) is 5.00. The molecular formula is C20H25NO3S2. The summed E-state index contributed by atoms with van der Waals surface area (Å²) in [5.41, 5.74) is 2.63. The highest BCUT2D eigenvalue weighted by molar-refractivity contribution is 7.99. The van der Waals surface area contributed by atoms with Crippen LogP contribution in [0.15, 0.2) is 35.7 Å². The second-order valence-electron chi connectivity index (χ2n) is 6.31. The van der Waals surface area contributed by atoms with E-state index < -0.39 is 0 Å². The normalized spacial score (nSPS) is 10.8. The Hall–Kier alpha value is -1.79. The monoisotopic (exact) mass is 391 g/mol. The van der Waals surface area contributed by atoms with Gasteiger partial charge in [-0.2, -0.15) is 0 Å². The maximum absolute atomic E-state index is 12.3. The Morgan fingerprint density at radius 3 is 2.62 bits per heavy atom. The van der Waals surface area contributed by atoms with Crippen LogP contribution in [0.25, 0.3) is 0 Å². The highest BCUT2D eigenvalue weighted by Crippen LogP contribution is 2.31. The van der Waals surface area contributed by atoms with Crippen molar-refractivity contribution in [1.82, 2.24) is 0 Å². The van der Waals surface area contributed by atoms with Crippen molar-refractivity contribution in [3.8, 4) is 0 Å². The summed E-state index contributed by atoms with van der Waals surface area (Å²) in [6.45, 7) is 6.30. The molecule has 1 heterocycles. The van der Waals surface area contributed by atoms with Crippen LogP contribution in [0.2, 0.25) is 0 Å². The first-order valence-electron chi connectivity index (χ1n) is 8.70. The fraction of sp³-hybridized carbons (Fsp3) is 0.400. The largest absolute Gasteiger partial charge is 0.462 e. The van der Waals surface area contributed by atoms with Crippen LogP contribution < -0.4 is 5.32 Å². The van der Waals surface area contributed by atoms with Crippen LogP contribution in [0.1, 0.15) is 42.3 Å². The molecule has 0 saturated carbocycles. The zero-order valence-electron chi connectivity index (χ0n) is 15.4. The molecule has 26 heavy (non-hydrogen) atoms. The fourth-order valence-electron chi connectivity index (χ4n) is 2.50. The van der Waals surface area contributed by atoms with Crippen LogP contribution in [0.5, 0.6) is 0 Å². The minimum Gasteiger partial charge on any atom is -0.462 e. The summed E-state index contributed by atoms with van der Waals surface area (Å²) in [4.78, 5) is 24.6. The summed E-state index contributed by atoms with van der Waals surface area (Å²) >= 11 is 2.94. The minimum absolute atomic E-state index is 0.102. The average Bonchev–Trinajstić information content (AvgIpc) is 2.97. The van der Waals surface area contributed by atoms with E-state index in [0.717, 1.165) is 17.7 Å². The molecule has 1 amide bonds. The molecular weight excluding hydrogens is 366 g/mol. The second kappa shape index (κ2) is 10.4. The van der Waals surface area contributed by atoms with Crippen molar-refractivity contribution in [3.63, 3.8) is 0 Å². The predicted molar refractivity (Wildman–Crippen MR) is 110 cm³/mol. The zero-order chi connectivity index (χ0) is 18.9. The van der Waals surface area contributed by atoms with Crippen molar-refractivity contribution >= 4 is 40.0 Å². The summed E-state index contributed by atoms with van der Waals surface area (Å²) in [5, 5.41) is 5.42. The van der Waals surface area contributed by atoms with Gasteiger partial charge in [0.15, 0.2) is 0 Å². The first-order valence-corrected chi connectivity index (χ1v) is 10.7. The SMILES string of the molecule is CCOC(=O)c1c(CC(C)C)csc1NC(=O)CSCc1ccccc1. The molecule has 0 aliphatic heterocycles. The number of carbonyl (C=O) groups is 2. The van der Waals surface area contributed by atoms with Gasteiger partial charge in [-0.3, -0.25) is 4.79 Å². The molecule has 0 spiro atoms. The van der Waals surface area contributed by atoms with E-state index in [9.17, 15) is 9.59 Å². The number of rotatable bonds is 9. The quantitative estimate of drug-likeness (QED) is 0.612. The highest BCUT2D eigenvalue weighted by Gasteiger charge is 2.22. The molecule has 0 atom stereocenters. The molecule has 1 aromatic carbocycles. The van der Waals surface area contributed by atoms with Gasteiger partial charge in [-0.1, -0.05) is 44.2 Å². The third-order valence-electron chi connectivity index (χ3n) is 3.57. The number of benzene rings is 1. The van der Waals surface area contributed by atoms with Crippen LogP contribution in [0.4, 0.5) is 5.00 Å². The number of thioether (sulfide) groups is 1. The molecule has 140 valence electrons. The summed E-state index contributed by atoms with van der Waals surface area (Å²) in [6.07, 6.45) is 0.781. The molecule has 0 bridgehead atoms. The van der Waals surface area contributed by atoms with Gasteiger partial charge in [0, 0.05) is 5.75 Å². The van der Waals surface area contributed by atoms with Crippen molar-refractivity contribution in [2.24, 2.45) is 5.92 Å². The number of ether oxygens (including phenoxy) is 1. The van der Waals surface area contributed by atoms with Crippen molar-refractivity contribution in [2.45, 2.75) is 32.9 Å². The topological polar surface area (TPSA) is 55.4 Å². The van der Waals surface area contributed by atoms with Crippen molar-refractivity contribution in [2.75, 3.05) is 17.7 Å². The van der Waals surface area contributed by atoms with Crippen LogP contribution in [0.3, 0.4) is 0 Å². The van der Waals surface area contributed by atoms with E-state index in [-0.39, 0.29) is 11.9 Å². The molecule has 0 radical (unpaired) electrons. The molecule has 0 saturated heterocycles.